The van der Waals surface area contributed by atoms with E-state index in [9.17, 15) is 9.59 Å². The smallest absolute Gasteiger partial charge is 0.266 e. The summed E-state index contributed by atoms with van der Waals surface area (Å²) in [5, 5.41) is 0.552. The van der Waals surface area contributed by atoms with Gasteiger partial charge < -0.3 is 14.5 Å². The van der Waals surface area contributed by atoms with Gasteiger partial charge in [-0.25, -0.2) is 0 Å². The number of aromatic amines is 1. The molecule has 194 valence electrons. The molecule has 0 aliphatic carbocycles. The lowest BCUT2D eigenvalue weighted by molar-refractivity contribution is 0.106. The van der Waals surface area contributed by atoms with Crippen molar-refractivity contribution in [2.45, 2.75) is 13.2 Å². The first-order chi connectivity index (χ1) is 19.0. The first-order valence-corrected chi connectivity index (χ1v) is 13.4. The van der Waals surface area contributed by atoms with Crippen LogP contribution in [0.5, 0.6) is 11.5 Å². The van der Waals surface area contributed by atoms with Crippen molar-refractivity contribution in [1.29, 1.82) is 0 Å². The average Bonchev–Trinajstić information content (AvgIpc) is 3.30. The van der Waals surface area contributed by atoms with Gasteiger partial charge in [-0.15, -0.1) is 11.3 Å². The quantitative estimate of drug-likeness (QED) is 0.236. The topological polar surface area (TPSA) is 68.4 Å². The third kappa shape index (κ3) is 7.13. The number of nitrogens with one attached hydrogen (secondary N) is 1. The molecule has 0 saturated carbocycles. The SMILES string of the molecule is O=C(C=c1[nH]c(=O)c(=Cc2ccc(OCc3ccccc3)c(OCc3ccccc3)c2)s1)c1ccc(Cl)cc1. The van der Waals surface area contributed by atoms with Crippen LogP contribution < -0.4 is 24.2 Å². The van der Waals surface area contributed by atoms with Gasteiger partial charge in [-0.3, -0.25) is 9.59 Å². The van der Waals surface area contributed by atoms with Gasteiger partial charge in [-0.2, -0.15) is 0 Å². The van der Waals surface area contributed by atoms with Crippen LogP contribution in [0.2, 0.25) is 5.02 Å². The first-order valence-electron chi connectivity index (χ1n) is 12.2. The molecule has 5 nitrogen and oxygen atoms in total. The second-order valence-corrected chi connectivity index (χ2v) is 10.2. The molecule has 1 aromatic heterocycles. The number of hydrogen-bond donors (Lipinski definition) is 1. The van der Waals surface area contributed by atoms with Gasteiger partial charge in [0.25, 0.3) is 5.56 Å². The number of H-pyrrole nitrogens is 1. The highest BCUT2D eigenvalue weighted by molar-refractivity contribution is 7.07. The molecule has 1 heterocycles. The zero-order valence-corrected chi connectivity index (χ0v) is 22.4. The zero-order valence-electron chi connectivity index (χ0n) is 20.8. The van der Waals surface area contributed by atoms with Crippen molar-refractivity contribution in [1.82, 2.24) is 4.98 Å². The number of hydrogen-bond acceptors (Lipinski definition) is 5. The van der Waals surface area contributed by atoms with Gasteiger partial charge in [0, 0.05) is 16.7 Å². The van der Waals surface area contributed by atoms with Crippen LogP contribution in [0, 0.1) is 0 Å². The number of carbonyl (C=O) groups excluding carboxylic acids is 1. The third-order valence-corrected chi connectivity index (χ3v) is 7.03. The van der Waals surface area contributed by atoms with Gasteiger partial charge in [0.1, 0.15) is 13.2 Å². The highest BCUT2D eigenvalue weighted by Crippen LogP contribution is 2.30. The van der Waals surface area contributed by atoms with Gasteiger partial charge in [0.2, 0.25) is 0 Å². The van der Waals surface area contributed by atoms with Crippen LogP contribution in [0.3, 0.4) is 0 Å². The molecule has 5 rings (SSSR count). The standard InChI is InChI=1S/C32H24ClNO4S/c33-26-14-12-25(13-15-26)27(35)19-31-34-32(36)30(39-31)18-24-11-16-28(37-20-22-7-3-1-4-8-22)29(17-24)38-21-23-9-5-2-6-10-23/h1-19H,20-21H2,(H,34,36). The number of aromatic nitrogens is 1. The van der Waals surface area contributed by atoms with E-state index in [-0.39, 0.29) is 11.3 Å². The second-order valence-electron chi connectivity index (χ2n) is 8.70. The minimum Gasteiger partial charge on any atom is -0.485 e. The summed E-state index contributed by atoms with van der Waals surface area (Å²) in [4.78, 5) is 28.0. The van der Waals surface area contributed by atoms with Crippen LogP contribution in [-0.2, 0) is 13.2 Å². The predicted molar refractivity (Wildman–Crippen MR) is 156 cm³/mol. The summed E-state index contributed by atoms with van der Waals surface area (Å²) in [7, 11) is 0. The van der Waals surface area contributed by atoms with E-state index in [1.807, 2.05) is 78.9 Å². The highest BCUT2D eigenvalue weighted by atomic mass is 35.5. The Bertz CT molecular complexity index is 1740. The van der Waals surface area contributed by atoms with E-state index in [1.54, 1.807) is 30.3 Å². The molecule has 7 heteroatoms. The predicted octanol–water partition coefficient (Wildman–Crippen LogP) is 5.74. The molecule has 0 aliphatic heterocycles. The molecule has 0 fully saturated rings. The lowest BCUT2D eigenvalue weighted by Gasteiger charge is -2.14. The summed E-state index contributed by atoms with van der Waals surface area (Å²) in [5.74, 6) is 0.961. The molecule has 0 aliphatic rings. The number of rotatable bonds is 9. The van der Waals surface area contributed by atoms with E-state index >= 15 is 0 Å². The fourth-order valence-electron chi connectivity index (χ4n) is 3.81. The monoisotopic (exact) mass is 553 g/mol. The summed E-state index contributed by atoms with van der Waals surface area (Å²) in [5.41, 5.74) is 3.06. The van der Waals surface area contributed by atoms with Crippen LogP contribution in [0.25, 0.3) is 12.2 Å². The maximum absolute atomic E-state index is 12.6. The summed E-state index contributed by atoms with van der Waals surface area (Å²) < 4.78 is 13.2. The molecule has 5 aromatic rings. The molecule has 0 bridgehead atoms. The molecule has 0 atom stereocenters. The largest absolute Gasteiger partial charge is 0.485 e. The minimum absolute atomic E-state index is 0.216. The van der Waals surface area contributed by atoms with Crippen LogP contribution in [0.4, 0.5) is 0 Å². The van der Waals surface area contributed by atoms with E-state index in [2.05, 4.69) is 4.98 Å². The first kappa shape index (κ1) is 26.2. The van der Waals surface area contributed by atoms with E-state index in [1.165, 1.54) is 17.4 Å². The van der Waals surface area contributed by atoms with Crippen molar-refractivity contribution < 1.29 is 14.3 Å². The van der Waals surface area contributed by atoms with Crippen LogP contribution in [-0.4, -0.2) is 10.8 Å². The number of ketones is 1. The molecule has 0 spiro atoms. The Morgan fingerprint density at radius 1 is 0.795 bits per heavy atom. The van der Waals surface area contributed by atoms with Crippen molar-refractivity contribution in [3.05, 3.63) is 150 Å². The van der Waals surface area contributed by atoms with Crippen molar-refractivity contribution in [3.63, 3.8) is 0 Å². The van der Waals surface area contributed by atoms with Gasteiger partial charge >= 0.3 is 0 Å². The molecule has 1 N–H and O–H groups in total. The summed E-state index contributed by atoms with van der Waals surface area (Å²) in [6, 6.07) is 32.0. The summed E-state index contributed by atoms with van der Waals surface area (Å²) in [6.45, 7) is 0.772. The number of halogens is 1. The molecule has 4 aromatic carbocycles. The van der Waals surface area contributed by atoms with E-state index in [4.69, 9.17) is 21.1 Å². The molecule has 39 heavy (non-hydrogen) atoms. The lowest BCUT2D eigenvalue weighted by Crippen LogP contribution is -2.20. The van der Waals surface area contributed by atoms with E-state index in [0.29, 0.717) is 44.5 Å². The zero-order chi connectivity index (χ0) is 27.0. The van der Waals surface area contributed by atoms with E-state index < -0.39 is 0 Å². The van der Waals surface area contributed by atoms with E-state index in [0.717, 1.165) is 16.7 Å². The molecule has 0 saturated heterocycles. The average molecular weight is 554 g/mol. The Balaban J connectivity index is 1.42. The van der Waals surface area contributed by atoms with Crippen LogP contribution >= 0.6 is 22.9 Å². The summed E-state index contributed by atoms with van der Waals surface area (Å²) >= 11 is 7.12. The number of Topliss-reactive ketones (excluding diaryl/α,β-unsaturated/α-hetero) is 1. The molecular weight excluding hydrogens is 530 g/mol. The number of ether oxygens (including phenoxy) is 2. The maximum Gasteiger partial charge on any atom is 0.266 e. The van der Waals surface area contributed by atoms with Crippen molar-refractivity contribution >= 4 is 40.9 Å². The fourth-order valence-corrected chi connectivity index (χ4v) is 4.82. The van der Waals surface area contributed by atoms with Crippen LogP contribution in [0.15, 0.2) is 108 Å². The van der Waals surface area contributed by atoms with Crippen molar-refractivity contribution in [3.8, 4) is 11.5 Å². The number of benzene rings is 4. The Morgan fingerprint density at radius 2 is 1.41 bits per heavy atom. The Labute approximate surface area is 234 Å². The third-order valence-electron chi connectivity index (χ3n) is 5.81. The molecular formula is C32H24ClNO4S. The molecule has 0 unspecified atom stereocenters. The Hall–Kier alpha value is -4.39. The normalized spacial score (nSPS) is 11.9. The van der Waals surface area contributed by atoms with Crippen molar-refractivity contribution in [2.24, 2.45) is 0 Å². The number of thiazole rings is 1. The van der Waals surface area contributed by atoms with Gasteiger partial charge in [-0.1, -0.05) is 78.3 Å². The van der Waals surface area contributed by atoms with Crippen LogP contribution in [0.1, 0.15) is 27.0 Å². The maximum atomic E-state index is 12.6. The number of carbonyl (C=O) groups is 1. The van der Waals surface area contributed by atoms with Crippen molar-refractivity contribution in [2.75, 3.05) is 0 Å². The molecule has 0 amide bonds. The Kier molecular flexibility index (Phi) is 8.36. The highest BCUT2D eigenvalue weighted by Gasteiger charge is 2.09. The second kappa shape index (κ2) is 12.4. The van der Waals surface area contributed by atoms with Gasteiger partial charge in [0.15, 0.2) is 17.3 Å². The fraction of sp³-hybridized carbons (Fsp3) is 0.0625. The summed E-state index contributed by atoms with van der Waals surface area (Å²) in [6.07, 6.45) is 3.19. The minimum atomic E-state index is -0.272. The lowest BCUT2D eigenvalue weighted by atomic mass is 10.1. The Morgan fingerprint density at radius 3 is 2.05 bits per heavy atom. The molecule has 0 radical (unpaired) electrons. The van der Waals surface area contributed by atoms with Gasteiger partial charge in [-0.05, 0) is 59.2 Å². The van der Waals surface area contributed by atoms with Gasteiger partial charge in [0.05, 0.1) is 9.20 Å².